The van der Waals surface area contributed by atoms with Gasteiger partial charge in [-0.3, -0.25) is 4.79 Å². The van der Waals surface area contributed by atoms with Crippen molar-refractivity contribution in [1.82, 2.24) is 4.90 Å². The lowest BCUT2D eigenvalue weighted by molar-refractivity contribution is -0.141. The molecule has 1 N–H and O–H groups in total. The first kappa shape index (κ1) is 14.7. The Hall–Kier alpha value is -1.35. The molecule has 18 heavy (non-hydrogen) atoms. The van der Waals surface area contributed by atoms with Crippen LogP contribution in [-0.4, -0.2) is 35.6 Å². The fourth-order valence-electron chi connectivity index (χ4n) is 1.93. The van der Waals surface area contributed by atoms with E-state index in [1.165, 1.54) is 5.56 Å². The minimum absolute atomic E-state index is 0.311. The molecule has 0 aromatic heterocycles. The first-order valence-corrected chi connectivity index (χ1v) is 6.47. The number of carboxylic acid groups (broad SMARTS) is 1. The van der Waals surface area contributed by atoms with E-state index >= 15 is 0 Å². The number of nitrogens with zero attached hydrogens (tertiary/aromatic N) is 1. The summed E-state index contributed by atoms with van der Waals surface area (Å²) in [6, 6.07) is 10.8. The van der Waals surface area contributed by atoms with E-state index in [0.29, 0.717) is 12.6 Å². The van der Waals surface area contributed by atoms with E-state index in [1.807, 2.05) is 13.1 Å². The van der Waals surface area contributed by atoms with Gasteiger partial charge < -0.3 is 10.0 Å². The Kier molecular flexibility index (Phi) is 5.86. The van der Waals surface area contributed by atoms with E-state index in [2.05, 4.69) is 36.1 Å². The molecule has 1 rings (SSSR count). The van der Waals surface area contributed by atoms with Crippen LogP contribution in [0.2, 0.25) is 0 Å². The van der Waals surface area contributed by atoms with Crippen molar-refractivity contribution in [1.29, 1.82) is 0 Å². The number of carboxylic acids is 1. The number of aliphatic carboxylic acids is 1. The van der Waals surface area contributed by atoms with Crippen molar-refractivity contribution in [3.8, 4) is 0 Å². The molecule has 0 saturated heterocycles. The Morgan fingerprint density at radius 2 is 1.89 bits per heavy atom. The van der Waals surface area contributed by atoms with Crippen LogP contribution >= 0.6 is 0 Å². The number of hydrogen-bond acceptors (Lipinski definition) is 2. The number of carbonyl (C=O) groups is 1. The van der Waals surface area contributed by atoms with Crippen molar-refractivity contribution in [2.24, 2.45) is 5.92 Å². The van der Waals surface area contributed by atoms with Gasteiger partial charge in [0.15, 0.2) is 0 Å². The summed E-state index contributed by atoms with van der Waals surface area (Å²) in [7, 11) is 2.00. The fourth-order valence-corrected chi connectivity index (χ4v) is 1.93. The summed E-state index contributed by atoms with van der Waals surface area (Å²) in [6.45, 7) is 4.51. The Labute approximate surface area is 109 Å². The summed E-state index contributed by atoms with van der Waals surface area (Å²) in [6.07, 6.45) is 2.08. The van der Waals surface area contributed by atoms with Crippen LogP contribution in [0.1, 0.15) is 25.8 Å². The predicted octanol–water partition coefficient (Wildman–Crippen LogP) is 2.66. The van der Waals surface area contributed by atoms with Gasteiger partial charge in [0, 0.05) is 12.6 Å². The molecule has 2 unspecified atom stereocenters. The summed E-state index contributed by atoms with van der Waals surface area (Å²) in [5.41, 5.74) is 1.34. The number of benzene rings is 1. The maximum atomic E-state index is 10.8. The molecule has 0 amide bonds. The Morgan fingerprint density at radius 1 is 1.28 bits per heavy atom. The summed E-state index contributed by atoms with van der Waals surface area (Å²) in [5, 5.41) is 8.89. The van der Waals surface area contributed by atoms with Crippen LogP contribution in [0.15, 0.2) is 30.3 Å². The van der Waals surface area contributed by atoms with Gasteiger partial charge in [-0.2, -0.15) is 0 Å². The van der Waals surface area contributed by atoms with Gasteiger partial charge >= 0.3 is 5.97 Å². The maximum absolute atomic E-state index is 10.8. The average Bonchev–Trinajstić information content (AvgIpc) is 2.36. The van der Waals surface area contributed by atoms with E-state index in [4.69, 9.17) is 5.11 Å². The minimum atomic E-state index is -0.725. The van der Waals surface area contributed by atoms with Crippen molar-refractivity contribution in [2.75, 3.05) is 13.6 Å². The lowest BCUT2D eigenvalue weighted by Crippen LogP contribution is -2.35. The zero-order valence-electron chi connectivity index (χ0n) is 11.5. The van der Waals surface area contributed by atoms with E-state index in [9.17, 15) is 4.79 Å². The van der Waals surface area contributed by atoms with Crippen molar-refractivity contribution in [2.45, 2.75) is 32.7 Å². The van der Waals surface area contributed by atoms with Gasteiger partial charge in [0.2, 0.25) is 0 Å². The highest BCUT2D eigenvalue weighted by molar-refractivity contribution is 5.69. The first-order chi connectivity index (χ1) is 8.50. The molecule has 0 aliphatic heterocycles. The Morgan fingerprint density at radius 3 is 2.44 bits per heavy atom. The van der Waals surface area contributed by atoms with Gasteiger partial charge in [0.05, 0.1) is 5.92 Å². The molecular weight excluding hydrogens is 226 g/mol. The third kappa shape index (κ3) is 4.88. The van der Waals surface area contributed by atoms with Gasteiger partial charge in [-0.1, -0.05) is 37.3 Å². The number of aryl methyl sites for hydroxylation is 1. The summed E-state index contributed by atoms with van der Waals surface area (Å²) in [5.74, 6) is -1.04. The molecule has 2 atom stereocenters. The number of hydrogen-bond donors (Lipinski definition) is 1. The molecule has 0 bridgehead atoms. The minimum Gasteiger partial charge on any atom is -0.481 e. The first-order valence-electron chi connectivity index (χ1n) is 6.47. The summed E-state index contributed by atoms with van der Waals surface area (Å²) >= 11 is 0. The highest BCUT2D eigenvalue weighted by atomic mass is 16.4. The molecule has 3 heteroatoms. The van der Waals surface area contributed by atoms with Crippen molar-refractivity contribution >= 4 is 5.97 Å². The summed E-state index contributed by atoms with van der Waals surface area (Å²) < 4.78 is 0. The smallest absolute Gasteiger partial charge is 0.307 e. The molecule has 1 aromatic rings. The van der Waals surface area contributed by atoms with Crippen LogP contribution in [0, 0.1) is 5.92 Å². The largest absolute Gasteiger partial charge is 0.481 e. The van der Waals surface area contributed by atoms with Gasteiger partial charge in [-0.05, 0) is 32.4 Å². The molecule has 0 heterocycles. The molecular formula is C15H23NO2. The van der Waals surface area contributed by atoms with Crippen LogP contribution in [-0.2, 0) is 11.2 Å². The second-order valence-electron chi connectivity index (χ2n) is 5.05. The van der Waals surface area contributed by atoms with E-state index < -0.39 is 5.97 Å². The van der Waals surface area contributed by atoms with Crippen LogP contribution in [0.4, 0.5) is 0 Å². The van der Waals surface area contributed by atoms with E-state index in [1.54, 1.807) is 6.92 Å². The Bertz CT molecular complexity index is 364. The zero-order valence-corrected chi connectivity index (χ0v) is 11.5. The number of rotatable bonds is 7. The second kappa shape index (κ2) is 7.17. The normalized spacial score (nSPS) is 14.4. The molecule has 0 aliphatic carbocycles. The van der Waals surface area contributed by atoms with Crippen LogP contribution in [0.5, 0.6) is 0 Å². The quantitative estimate of drug-likeness (QED) is 0.807. The van der Waals surface area contributed by atoms with E-state index in [-0.39, 0.29) is 5.92 Å². The van der Waals surface area contributed by atoms with Crippen LogP contribution < -0.4 is 0 Å². The monoisotopic (exact) mass is 249 g/mol. The molecule has 0 spiro atoms. The van der Waals surface area contributed by atoms with Crippen LogP contribution in [0.3, 0.4) is 0 Å². The fraction of sp³-hybridized carbons (Fsp3) is 0.533. The molecule has 0 aliphatic rings. The topological polar surface area (TPSA) is 40.5 Å². The molecule has 1 aromatic carbocycles. The van der Waals surface area contributed by atoms with Crippen LogP contribution in [0.25, 0.3) is 0 Å². The molecule has 0 radical (unpaired) electrons. The van der Waals surface area contributed by atoms with Gasteiger partial charge in [0.25, 0.3) is 0 Å². The van der Waals surface area contributed by atoms with Gasteiger partial charge in [-0.25, -0.2) is 0 Å². The lowest BCUT2D eigenvalue weighted by atomic mass is 10.0. The highest BCUT2D eigenvalue weighted by Crippen LogP contribution is 2.10. The maximum Gasteiger partial charge on any atom is 0.307 e. The van der Waals surface area contributed by atoms with Gasteiger partial charge in [0.1, 0.15) is 0 Å². The zero-order chi connectivity index (χ0) is 13.5. The molecule has 0 fully saturated rings. The predicted molar refractivity (Wildman–Crippen MR) is 73.7 cm³/mol. The van der Waals surface area contributed by atoms with Crippen molar-refractivity contribution < 1.29 is 9.90 Å². The molecule has 0 saturated carbocycles. The highest BCUT2D eigenvalue weighted by Gasteiger charge is 2.17. The third-order valence-corrected chi connectivity index (χ3v) is 3.43. The van der Waals surface area contributed by atoms with Gasteiger partial charge in [-0.15, -0.1) is 0 Å². The van der Waals surface area contributed by atoms with Crippen molar-refractivity contribution in [3.63, 3.8) is 0 Å². The standard InChI is InChI=1S/C15H23NO2/c1-12(15(17)18)11-16(3)13(2)9-10-14-7-5-4-6-8-14/h4-8,12-13H,9-11H2,1-3H3,(H,17,18). The molecule has 100 valence electrons. The van der Waals surface area contributed by atoms with E-state index in [0.717, 1.165) is 12.8 Å². The SMILES string of the molecule is CC(CN(C)C(C)CCc1ccccc1)C(=O)O. The second-order valence-corrected chi connectivity index (χ2v) is 5.05. The lowest BCUT2D eigenvalue weighted by Gasteiger charge is -2.26. The summed E-state index contributed by atoms with van der Waals surface area (Å²) in [4.78, 5) is 12.9. The molecule has 3 nitrogen and oxygen atoms in total. The van der Waals surface area contributed by atoms with Crippen molar-refractivity contribution in [3.05, 3.63) is 35.9 Å². The Balaban J connectivity index is 2.36. The average molecular weight is 249 g/mol. The third-order valence-electron chi connectivity index (χ3n) is 3.43.